The van der Waals surface area contributed by atoms with Gasteiger partial charge in [0.05, 0.1) is 56.1 Å². The maximum Gasteiger partial charge on any atom is 0.326 e. The van der Waals surface area contributed by atoms with Crippen molar-refractivity contribution in [3.8, 4) is 5.75 Å². The van der Waals surface area contributed by atoms with Gasteiger partial charge in [0.25, 0.3) is 0 Å². The first kappa shape index (κ1) is 41.3. The lowest BCUT2D eigenvalue weighted by atomic mass is 9.93. The molecule has 0 aromatic heterocycles. The number of piperazine rings is 1. The summed E-state index contributed by atoms with van der Waals surface area (Å²) in [7, 11) is -1.86. The van der Waals surface area contributed by atoms with Crippen molar-refractivity contribution in [3.63, 3.8) is 0 Å². The van der Waals surface area contributed by atoms with Gasteiger partial charge in [-0.1, -0.05) is 47.5 Å². The summed E-state index contributed by atoms with van der Waals surface area (Å²) >= 11 is 12.7. The van der Waals surface area contributed by atoms with Crippen LogP contribution in [0.1, 0.15) is 35.7 Å². The summed E-state index contributed by atoms with van der Waals surface area (Å²) in [6.45, 7) is 7.72. The lowest BCUT2D eigenvalue weighted by Gasteiger charge is -2.39. The standard InChI is InChI=1S/C38H43Cl2FN6O6S.ClH/c1-2-53-32-24-31(41)33(54(50)46-17-21-52-22-18-46)23-30(32)37-42-35(26-3-7-28(39)8-4-26)36(27-5-9-29(40)10-6-27)47(37)38(49)45-13-11-43(12-14-45)25-34(48)44-15-19-51-20-16-44;/h3-10,23-24,35-36H,2,11-22,25H2,1H3;1H/t35-,36+,54?;/m0./s1. The van der Waals surface area contributed by atoms with Crippen molar-refractivity contribution in [1.82, 2.24) is 23.9 Å². The van der Waals surface area contributed by atoms with Crippen molar-refractivity contribution in [2.24, 2.45) is 4.99 Å². The van der Waals surface area contributed by atoms with Gasteiger partial charge in [0.2, 0.25) is 5.91 Å². The third-order valence-corrected chi connectivity index (χ3v) is 12.1. The van der Waals surface area contributed by atoms with E-state index in [4.69, 9.17) is 42.4 Å². The van der Waals surface area contributed by atoms with Crippen LogP contribution < -0.4 is 4.74 Å². The van der Waals surface area contributed by atoms with E-state index in [1.54, 1.807) is 45.3 Å². The Morgan fingerprint density at radius 2 is 1.42 bits per heavy atom. The maximum atomic E-state index is 15.9. The van der Waals surface area contributed by atoms with Gasteiger partial charge in [0.1, 0.15) is 34.4 Å². The Morgan fingerprint density at radius 1 is 0.836 bits per heavy atom. The molecule has 296 valence electrons. The first-order valence-electron chi connectivity index (χ1n) is 18.2. The van der Waals surface area contributed by atoms with Crippen LogP contribution in [0.4, 0.5) is 9.18 Å². The third-order valence-electron chi connectivity index (χ3n) is 10.0. The Bertz CT molecular complexity index is 1870. The van der Waals surface area contributed by atoms with Crippen molar-refractivity contribution in [2.45, 2.75) is 23.9 Å². The van der Waals surface area contributed by atoms with Gasteiger partial charge in [-0.05, 0) is 48.4 Å². The number of carbonyl (C=O) groups is 2. The lowest BCUT2D eigenvalue weighted by Crippen LogP contribution is -2.56. The molecule has 3 saturated heterocycles. The fourth-order valence-electron chi connectivity index (χ4n) is 7.18. The predicted octanol–water partition coefficient (Wildman–Crippen LogP) is 5.45. The molecular formula is C38H44Cl3FN6O6S. The van der Waals surface area contributed by atoms with E-state index < -0.39 is 28.9 Å². The molecule has 0 saturated carbocycles. The highest BCUT2D eigenvalue weighted by Crippen LogP contribution is 2.46. The van der Waals surface area contributed by atoms with Gasteiger partial charge < -0.3 is 24.0 Å². The van der Waals surface area contributed by atoms with E-state index in [-0.39, 0.29) is 54.0 Å². The normalized spacial score (nSPS) is 21.5. The van der Waals surface area contributed by atoms with Crippen LogP contribution in [0, 0.1) is 5.82 Å². The lowest BCUT2D eigenvalue weighted by molar-refractivity contribution is -0.136. The molecule has 0 N–H and O–H groups in total. The maximum absolute atomic E-state index is 15.9. The van der Waals surface area contributed by atoms with Gasteiger partial charge >= 0.3 is 6.03 Å². The van der Waals surface area contributed by atoms with E-state index in [0.717, 1.165) is 11.1 Å². The second-order valence-electron chi connectivity index (χ2n) is 13.4. The molecule has 17 heteroatoms. The molecule has 55 heavy (non-hydrogen) atoms. The highest BCUT2D eigenvalue weighted by atomic mass is 35.5. The van der Waals surface area contributed by atoms with Crippen LogP contribution >= 0.6 is 35.6 Å². The number of halogens is 4. The van der Waals surface area contributed by atoms with E-state index in [1.807, 2.05) is 29.2 Å². The number of morpholine rings is 2. The molecule has 0 aliphatic carbocycles. The molecule has 0 radical (unpaired) electrons. The van der Waals surface area contributed by atoms with Gasteiger partial charge in [-0.2, -0.15) is 0 Å². The van der Waals surface area contributed by atoms with Crippen LogP contribution in [0.2, 0.25) is 10.0 Å². The van der Waals surface area contributed by atoms with Crippen LogP contribution in [0.25, 0.3) is 0 Å². The van der Waals surface area contributed by atoms with E-state index in [0.29, 0.717) is 94.4 Å². The Hall–Kier alpha value is -3.34. The monoisotopic (exact) mass is 836 g/mol. The summed E-state index contributed by atoms with van der Waals surface area (Å²) in [6.07, 6.45) is 0. The van der Waals surface area contributed by atoms with Crippen LogP contribution in [0.3, 0.4) is 0 Å². The molecule has 3 aromatic rings. The van der Waals surface area contributed by atoms with Crippen molar-refractivity contribution >= 4 is 64.4 Å². The van der Waals surface area contributed by atoms with Gasteiger partial charge in [0.15, 0.2) is 0 Å². The molecule has 3 aromatic carbocycles. The highest BCUT2D eigenvalue weighted by Gasteiger charge is 2.45. The van der Waals surface area contributed by atoms with E-state index in [9.17, 15) is 9.00 Å². The Kier molecular flexibility index (Phi) is 14.1. The topological polar surface area (TPSA) is 107 Å². The minimum absolute atomic E-state index is 0. The molecule has 1 unspecified atom stereocenters. The molecule has 0 bridgehead atoms. The average molecular weight is 838 g/mol. The predicted molar refractivity (Wildman–Crippen MR) is 211 cm³/mol. The minimum atomic E-state index is -1.86. The zero-order chi connectivity index (χ0) is 37.8. The number of benzene rings is 3. The van der Waals surface area contributed by atoms with Gasteiger partial charge in [0, 0.05) is 68.5 Å². The summed E-state index contributed by atoms with van der Waals surface area (Å²) < 4.78 is 48.3. The summed E-state index contributed by atoms with van der Waals surface area (Å²) in [5, 5.41) is 1.09. The van der Waals surface area contributed by atoms with Crippen LogP contribution in [0.15, 0.2) is 70.6 Å². The van der Waals surface area contributed by atoms with Crippen molar-refractivity contribution in [1.29, 1.82) is 0 Å². The molecular weight excluding hydrogens is 794 g/mol. The largest absolute Gasteiger partial charge is 0.493 e. The molecule has 7 rings (SSSR count). The SMILES string of the molecule is CCOc1cc(F)c(S(=O)N2CCOCC2)cc1C1=N[C@@H](c2ccc(Cl)cc2)[C@@H](c2ccc(Cl)cc2)N1C(=O)N1CCN(CC(=O)N2CCOCC2)CC1.Cl. The second kappa shape index (κ2) is 18.7. The smallest absolute Gasteiger partial charge is 0.326 e. The molecule has 4 aliphatic rings. The van der Waals surface area contributed by atoms with Gasteiger partial charge in [-0.3, -0.25) is 19.6 Å². The number of nitrogens with zero attached hydrogens (tertiary/aromatic N) is 6. The van der Waals surface area contributed by atoms with E-state index in [2.05, 4.69) is 4.90 Å². The Morgan fingerprint density at radius 3 is 2.02 bits per heavy atom. The first-order valence-corrected chi connectivity index (χ1v) is 20.0. The third kappa shape index (κ3) is 9.29. The number of aliphatic imine (C=N–C) groups is 1. The summed E-state index contributed by atoms with van der Waals surface area (Å²) in [4.78, 5) is 40.6. The fourth-order valence-corrected chi connectivity index (χ4v) is 8.63. The van der Waals surface area contributed by atoms with Crippen molar-refractivity contribution in [3.05, 3.63) is 93.2 Å². The number of ether oxygens (including phenoxy) is 3. The number of urea groups is 1. The zero-order valence-electron chi connectivity index (χ0n) is 30.4. The van der Waals surface area contributed by atoms with Crippen molar-refractivity contribution in [2.75, 3.05) is 91.9 Å². The molecule has 12 nitrogen and oxygen atoms in total. The van der Waals surface area contributed by atoms with E-state index >= 15 is 9.18 Å². The summed E-state index contributed by atoms with van der Waals surface area (Å²) in [5.41, 5.74) is 1.92. The summed E-state index contributed by atoms with van der Waals surface area (Å²) in [5.74, 6) is -0.207. The highest BCUT2D eigenvalue weighted by molar-refractivity contribution is 7.82. The fraction of sp³-hybridized carbons (Fsp3) is 0.447. The Balaban J connectivity index is 0.00000514. The van der Waals surface area contributed by atoms with Crippen LogP contribution in [-0.4, -0.2) is 138 Å². The van der Waals surface area contributed by atoms with Crippen molar-refractivity contribution < 1.29 is 32.4 Å². The second-order valence-corrected chi connectivity index (χ2v) is 15.7. The molecule has 4 heterocycles. The molecule has 3 fully saturated rings. The minimum Gasteiger partial charge on any atom is -0.493 e. The van der Waals surface area contributed by atoms with Crippen LogP contribution in [0.5, 0.6) is 5.75 Å². The quantitative estimate of drug-likeness (QED) is 0.283. The number of hydrogen-bond donors (Lipinski definition) is 0. The number of amidine groups is 1. The number of rotatable bonds is 9. The summed E-state index contributed by atoms with van der Waals surface area (Å²) in [6, 6.07) is 15.8. The average Bonchev–Trinajstić information content (AvgIpc) is 3.59. The molecule has 3 atom stereocenters. The zero-order valence-corrected chi connectivity index (χ0v) is 33.6. The Labute approximate surface area is 339 Å². The first-order chi connectivity index (χ1) is 26.2. The number of hydrogen-bond acceptors (Lipinski definition) is 8. The number of amides is 3. The molecule has 0 spiro atoms. The number of carbonyl (C=O) groups excluding carboxylic acids is 2. The van der Waals surface area contributed by atoms with Gasteiger partial charge in [-0.15, -0.1) is 12.4 Å². The van der Waals surface area contributed by atoms with Crippen LogP contribution in [-0.2, 0) is 25.3 Å². The molecule has 3 amide bonds. The van der Waals surface area contributed by atoms with E-state index in [1.165, 1.54) is 12.1 Å². The molecule has 4 aliphatic heterocycles. The van der Waals surface area contributed by atoms with Gasteiger partial charge in [-0.25, -0.2) is 17.7 Å².